The van der Waals surface area contributed by atoms with E-state index in [-0.39, 0.29) is 12.1 Å². The van der Waals surface area contributed by atoms with E-state index < -0.39 is 23.4 Å². The molecule has 2 N–H and O–H groups in total. The van der Waals surface area contributed by atoms with Gasteiger partial charge in [0.1, 0.15) is 17.5 Å². The molecule has 0 unspecified atom stereocenters. The molecule has 3 aromatic rings. The van der Waals surface area contributed by atoms with Crippen molar-refractivity contribution in [2.45, 2.75) is 13.3 Å². The first-order valence-electron chi connectivity index (χ1n) is 6.95. The summed E-state index contributed by atoms with van der Waals surface area (Å²) in [5.41, 5.74) is 2.00. The van der Waals surface area contributed by atoms with Gasteiger partial charge in [-0.1, -0.05) is 0 Å². The van der Waals surface area contributed by atoms with Gasteiger partial charge in [0.2, 0.25) is 5.91 Å². The number of benzene rings is 2. The summed E-state index contributed by atoms with van der Waals surface area (Å²) in [7, 11) is 0. The number of hydrogen-bond donors (Lipinski definition) is 2. The lowest BCUT2D eigenvalue weighted by Gasteiger charge is -2.07. The van der Waals surface area contributed by atoms with Crippen LogP contribution in [0, 0.1) is 24.4 Å². The van der Waals surface area contributed by atoms with Gasteiger partial charge in [-0.2, -0.15) is 0 Å². The Morgan fingerprint density at radius 1 is 1.09 bits per heavy atom. The van der Waals surface area contributed by atoms with Gasteiger partial charge in [0.15, 0.2) is 0 Å². The molecule has 6 heteroatoms. The molecule has 0 spiro atoms. The van der Waals surface area contributed by atoms with Crippen LogP contribution in [0.1, 0.15) is 11.3 Å². The maximum Gasteiger partial charge on any atom is 0.228 e. The number of carbonyl (C=O) groups is 1. The molecule has 1 amide bonds. The van der Waals surface area contributed by atoms with Crippen LogP contribution in [0.2, 0.25) is 0 Å². The van der Waals surface area contributed by atoms with Crippen molar-refractivity contribution < 1.29 is 18.0 Å². The van der Waals surface area contributed by atoms with Crippen LogP contribution in [0.15, 0.2) is 36.4 Å². The summed E-state index contributed by atoms with van der Waals surface area (Å²) in [6.07, 6.45) is -0.0495. The number of rotatable bonds is 3. The highest BCUT2D eigenvalue weighted by molar-refractivity contribution is 5.96. The predicted octanol–water partition coefficient (Wildman–Crippen LogP) is 4.07. The zero-order valence-electron chi connectivity index (χ0n) is 12.2. The third-order valence-corrected chi connectivity index (χ3v) is 3.62. The van der Waals surface area contributed by atoms with Gasteiger partial charge in [-0.05, 0) is 42.8 Å². The first-order chi connectivity index (χ1) is 10.9. The molecule has 1 aromatic heterocycles. The highest BCUT2D eigenvalue weighted by Gasteiger charge is 2.14. The molecule has 23 heavy (non-hydrogen) atoms. The fourth-order valence-corrected chi connectivity index (χ4v) is 2.53. The Kier molecular flexibility index (Phi) is 3.82. The van der Waals surface area contributed by atoms with Crippen molar-refractivity contribution in [1.82, 2.24) is 4.98 Å². The van der Waals surface area contributed by atoms with Crippen LogP contribution in [-0.2, 0) is 11.2 Å². The van der Waals surface area contributed by atoms with Gasteiger partial charge >= 0.3 is 0 Å². The first kappa shape index (κ1) is 15.1. The summed E-state index contributed by atoms with van der Waals surface area (Å²) >= 11 is 0. The van der Waals surface area contributed by atoms with Gasteiger partial charge in [0.05, 0.1) is 12.1 Å². The molecular formula is C17H13F3N2O. The quantitative estimate of drug-likeness (QED) is 0.751. The van der Waals surface area contributed by atoms with Gasteiger partial charge < -0.3 is 10.3 Å². The van der Waals surface area contributed by atoms with E-state index in [1.807, 2.05) is 0 Å². The molecule has 0 aliphatic heterocycles. The lowest BCUT2D eigenvalue weighted by atomic mass is 10.1. The molecule has 0 saturated carbocycles. The summed E-state index contributed by atoms with van der Waals surface area (Å²) in [4.78, 5) is 15.2. The maximum atomic E-state index is 13.6. The van der Waals surface area contributed by atoms with Crippen molar-refractivity contribution in [3.05, 3.63) is 65.1 Å². The zero-order chi connectivity index (χ0) is 16.6. The number of anilines is 1. The molecule has 0 bridgehead atoms. The number of fused-ring (bicyclic) bond motifs is 1. The van der Waals surface area contributed by atoms with Crippen molar-refractivity contribution in [3.8, 4) is 0 Å². The Labute approximate surface area is 130 Å². The second-order valence-electron chi connectivity index (χ2n) is 5.27. The largest absolute Gasteiger partial charge is 0.358 e. The molecule has 2 aromatic carbocycles. The normalized spacial score (nSPS) is 11.0. The van der Waals surface area contributed by atoms with E-state index in [2.05, 4.69) is 10.3 Å². The van der Waals surface area contributed by atoms with E-state index in [9.17, 15) is 18.0 Å². The van der Waals surface area contributed by atoms with Gasteiger partial charge in [0.25, 0.3) is 0 Å². The molecule has 0 aliphatic rings. The summed E-state index contributed by atoms with van der Waals surface area (Å²) < 4.78 is 39.8. The number of H-pyrrole nitrogens is 1. The molecule has 0 radical (unpaired) electrons. The van der Waals surface area contributed by atoms with Gasteiger partial charge in [-0.15, -0.1) is 0 Å². The van der Waals surface area contributed by atoms with Crippen molar-refractivity contribution in [1.29, 1.82) is 0 Å². The van der Waals surface area contributed by atoms with Crippen LogP contribution in [0.25, 0.3) is 10.9 Å². The molecule has 3 nitrogen and oxygen atoms in total. The highest BCUT2D eigenvalue weighted by Crippen LogP contribution is 2.24. The Morgan fingerprint density at radius 2 is 1.78 bits per heavy atom. The average Bonchev–Trinajstić information content (AvgIpc) is 2.78. The van der Waals surface area contributed by atoms with Crippen LogP contribution in [0.4, 0.5) is 18.9 Å². The van der Waals surface area contributed by atoms with Crippen LogP contribution >= 0.6 is 0 Å². The molecule has 0 fully saturated rings. The molecule has 0 aliphatic carbocycles. The van der Waals surface area contributed by atoms with E-state index in [1.165, 1.54) is 12.1 Å². The SMILES string of the molecule is Cc1[nH]c2ccc(F)cc2c1CC(=O)Nc1ccc(F)cc1F. The fraction of sp³-hybridized carbons (Fsp3) is 0.118. The Morgan fingerprint density at radius 3 is 2.52 bits per heavy atom. The second kappa shape index (κ2) is 5.79. The van der Waals surface area contributed by atoms with Crippen LogP contribution in [0.3, 0.4) is 0 Å². The molecule has 0 saturated heterocycles. The topological polar surface area (TPSA) is 44.9 Å². The average molecular weight is 318 g/mol. The first-order valence-corrected chi connectivity index (χ1v) is 6.95. The van der Waals surface area contributed by atoms with Gasteiger partial charge in [0, 0.05) is 22.7 Å². The maximum absolute atomic E-state index is 13.6. The zero-order valence-corrected chi connectivity index (χ0v) is 12.2. The lowest BCUT2D eigenvalue weighted by molar-refractivity contribution is -0.115. The number of aromatic nitrogens is 1. The van der Waals surface area contributed by atoms with Crippen LogP contribution in [0.5, 0.6) is 0 Å². The molecular weight excluding hydrogens is 305 g/mol. The van der Waals surface area contributed by atoms with E-state index >= 15 is 0 Å². The summed E-state index contributed by atoms with van der Waals surface area (Å²) in [6, 6.07) is 7.19. The summed E-state index contributed by atoms with van der Waals surface area (Å²) in [5, 5.41) is 3.00. The highest BCUT2D eigenvalue weighted by atomic mass is 19.1. The van der Waals surface area contributed by atoms with E-state index in [0.717, 1.165) is 23.3 Å². The number of hydrogen-bond acceptors (Lipinski definition) is 1. The van der Waals surface area contributed by atoms with Gasteiger partial charge in [-0.25, -0.2) is 13.2 Å². The van der Waals surface area contributed by atoms with Crippen molar-refractivity contribution >= 4 is 22.5 Å². The Bertz CT molecular complexity index is 902. The third kappa shape index (κ3) is 3.06. The Balaban J connectivity index is 1.85. The minimum Gasteiger partial charge on any atom is -0.358 e. The number of nitrogens with one attached hydrogen (secondary N) is 2. The van der Waals surface area contributed by atoms with Crippen molar-refractivity contribution in [2.24, 2.45) is 0 Å². The van der Waals surface area contributed by atoms with E-state index in [0.29, 0.717) is 17.0 Å². The summed E-state index contributed by atoms with van der Waals surface area (Å²) in [5.74, 6) is -2.44. The number of halogens is 3. The van der Waals surface area contributed by atoms with E-state index in [4.69, 9.17) is 0 Å². The monoisotopic (exact) mass is 318 g/mol. The van der Waals surface area contributed by atoms with Crippen LogP contribution < -0.4 is 5.32 Å². The van der Waals surface area contributed by atoms with Crippen LogP contribution in [-0.4, -0.2) is 10.9 Å². The molecule has 0 atom stereocenters. The predicted molar refractivity (Wildman–Crippen MR) is 81.7 cm³/mol. The second-order valence-corrected chi connectivity index (χ2v) is 5.27. The number of aryl methyl sites for hydroxylation is 1. The molecule has 1 heterocycles. The van der Waals surface area contributed by atoms with Crippen molar-refractivity contribution in [3.63, 3.8) is 0 Å². The van der Waals surface area contributed by atoms with Gasteiger partial charge in [-0.3, -0.25) is 4.79 Å². The molecule has 118 valence electrons. The minimum absolute atomic E-state index is 0.0495. The standard InChI is InChI=1S/C17H13F3N2O/c1-9-12(13-6-10(18)2-4-15(13)21-9)8-17(23)22-16-5-3-11(19)7-14(16)20/h2-7,21H,8H2,1H3,(H,22,23). The lowest BCUT2D eigenvalue weighted by Crippen LogP contribution is -2.15. The molecule has 3 rings (SSSR count). The smallest absolute Gasteiger partial charge is 0.228 e. The number of carbonyl (C=O) groups excluding carboxylic acids is 1. The number of aromatic amines is 1. The third-order valence-electron chi connectivity index (χ3n) is 3.62. The van der Waals surface area contributed by atoms with E-state index in [1.54, 1.807) is 13.0 Å². The van der Waals surface area contributed by atoms with Crippen molar-refractivity contribution in [2.75, 3.05) is 5.32 Å². The fourth-order valence-electron chi connectivity index (χ4n) is 2.53. The Hall–Kier alpha value is -2.76. The minimum atomic E-state index is -0.847. The summed E-state index contributed by atoms with van der Waals surface area (Å²) in [6.45, 7) is 1.78. The number of amides is 1.